The van der Waals surface area contributed by atoms with Crippen molar-refractivity contribution in [3.8, 4) is 5.69 Å². The van der Waals surface area contributed by atoms with E-state index in [0.717, 1.165) is 16.0 Å². The molecular formula is C14H12N4O3S2. The lowest BCUT2D eigenvalue weighted by molar-refractivity contribution is -0.410. The number of H-pyrrole nitrogens is 1. The minimum absolute atomic E-state index is 0.102. The van der Waals surface area contributed by atoms with Crippen LogP contribution in [0.2, 0.25) is 0 Å². The summed E-state index contributed by atoms with van der Waals surface area (Å²) in [5.41, 5.74) is 0.348. The fourth-order valence-corrected chi connectivity index (χ4v) is 4.10. The van der Waals surface area contributed by atoms with Gasteiger partial charge in [0.25, 0.3) is 0 Å². The molecule has 2 heterocycles. The van der Waals surface area contributed by atoms with Crippen LogP contribution in [0.3, 0.4) is 0 Å². The molecule has 1 N–H and O–H groups in total. The second kappa shape index (κ2) is 6.88. The van der Waals surface area contributed by atoms with Crippen molar-refractivity contribution in [1.29, 1.82) is 0 Å². The molecule has 0 spiro atoms. The van der Waals surface area contributed by atoms with Gasteiger partial charge < -0.3 is 0 Å². The van der Waals surface area contributed by atoms with E-state index in [1.165, 1.54) is 16.3 Å². The van der Waals surface area contributed by atoms with E-state index in [1.54, 1.807) is 18.2 Å². The van der Waals surface area contributed by atoms with Gasteiger partial charge in [0.1, 0.15) is 0 Å². The molecule has 2 aromatic rings. The van der Waals surface area contributed by atoms with Gasteiger partial charge in [0, 0.05) is 6.08 Å². The van der Waals surface area contributed by atoms with Gasteiger partial charge in [-0.3, -0.25) is 10.1 Å². The maximum absolute atomic E-state index is 12.0. The Labute approximate surface area is 139 Å². The van der Waals surface area contributed by atoms with Crippen molar-refractivity contribution in [2.24, 2.45) is 0 Å². The minimum Gasteiger partial charge on any atom is -0.258 e. The number of rotatable bonds is 4. The Bertz CT molecular complexity index is 839. The third-order valence-electron chi connectivity index (χ3n) is 3.03. The minimum atomic E-state index is -0.390. The first kappa shape index (κ1) is 15.6. The number of aromatic amines is 1. The molecule has 0 unspecified atom stereocenters. The lowest BCUT2D eigenvalue weighted by atomic mass is 10.3. The zero-order chi connectivity index (χ0) is 16.2. The van der Waals surface area contributed by atoms with Crippen molar-refractivity contribution in [1.82, 2.24) is 14.8 Å². The van der Waals surface area contributed by atoms with Gasteiger partial charge in [-0.2, -0.15) is 0 Å². The van der Waals surface area contributed by atoms with E-state index >= 15 is 0 Å². The molecule has 0 bridgehead atoms. The van der Waals surface area contributed by atoms with Crippen LogP contribution in [0.4, 0.5) is 0 Å². The summed E-state index contributed by atoms with van der Waals surface area (Å²) >= 11 is 2.33. The van der Waals surface area contributed by atoms with E-state index in [1.807, 2.05) is 24.3 Å². The largest absolute Gasteiger partial charge is 0.348 e. The normalized spacial score (nSPS) is 14.8. The highest BCUT2D eigenvalue weighted by molar-refractivity contribution is 8.23. The fraction of sp³-hybridized carbons (Fsp3) is 0.143. The lowest BCUT2D eigenvalue weighted by Crippen LogP contribution is -2.15. The van der Waals surface area contributed by atoms with Gasteiger partial charge in [-0.1, -0.05) is 24.3 Å². The second-order valence-corrected chi connectivity index (χ2v) is 6.92. The third-order valence-corrected chi connectivity index (χ3v) is 5.25. The average Bonchev–Trinajstić information content (AvgIpc) is 2.75. The Kier molecular flexibility index (Phi) is 4.68. The number of allylic oxidation sites excluding steroid dienone is 2. The Balaban J connectivity index is 1.90. The van der Waals surface area contributed by atoms with Crippen LogP contribution >= 0.6 is 23.5 Å². The van der Waals surface area contributed by atoms with Crippen LogP contribution in [0.25, 0.3) is 5.69 Å². The van der Waals surface area contributed by atoms with Crippen molar-refractivity contribution < 1.29 is 4.92 Å². The molecule has 0 radical (unpaired) electrons. The highest BCUT2D eigenvalue weighted by Crippen LogP contribution is 2.40. The zero-order valence-electron chi connectivity index (χ0n) is 11.8. The monoisotopic (exact) mass is 348 g/mol. The van der Waals surface area contributed by atoms with Crippen LogP contribution in [-0.4, -0.2) is 19.7 Å². The summed E-state index contributed by atoms with van der Waals surface area (Å²) in [7, 11) is 0. The van der Waals surface area contributed by atoms with E-state index in [0.29, 0.717) is 23.7 Å². The number of benzene rings is 1. The fourth-order valence-electron chi connectivity index (χ4n) is 2.01. The molecule has 1 aliphatic heterocycles. The van der Waals surface area contributed by atoms with Gasteiger partial charge in [0.2, 0.25) is 5.16 Å². The van der Waals surface area contributed by atoms with Gasteiger partial charge in [-0.15, -0.1) is 5.10 Å². The van der Waals surface area contributed by atoms with E-state index in [9.17, 15) is 14.9 Å². The standard InChI is InChI=1S/C14H12N4O3S2/c19-13-15-16-14(17(13)10-6-2-1-3-7-10)23-12-9-5-4-8-11(22-12)18(20)21/h1-3,6-9H,4-5H2,(H,15,19). The van der Waals surface area contributed by atoms with Gasteiger partial charge in [0.15, 0.2) is 0 Å². The summed E-state index contributed by atoms with van der Waals surface area (Å²) in [4.78, 5) is 22.6. The molecule has 1 aliphatic rings. The zero-order valence-corrected chi connectivity index (χ0v) is 13.5. The van der Waals surface area contributed by atoms with Crippen molar-refractivity contribution in [2.45, 2.75) is 18.0 Å². The maximum atomic E-state index is 12.0. The van der Waals surface area contributed by atoms with Crippen molar-refractivity contribution in [3.63, 3.8) is 0 Å². The molecule has 9 heteroatoms. The number of hydrogen-bond acceptors (Lipinski definition) is 6. The number of para-hydroxylation sites is 1. The van der Waals surface area contributed by atoms with Crippen molar-refractivity contribution in [2.75, 3.05) is 0 Å². The summed E-state index contributed by atoms with van der Waals surface area (Å²) < 4.78 is 2.19. The maximum Gasteiger partial charge on any atom is 0.348 e. The number of nitro groups is 1. The van der Waals surface area contributed by atoms with Crippen molar-refractivity contribution in [3.05, 3.63) is 72.3 Å². The van der Waals surface area contributed by atoms with Gasteiger partial charge >= 0.3 is 10.7 Å². The second-order valence-electron chi connectivity index (χ2n) is 4.59. The molecule has 0 fully saturated rings. The van der Waals surface area contributed by atoms with Crippen LogP contribution in [0.15, 0.2) is 61.7 Å². The Morgan fingerprint density at radius 3 is 2.74 bits per heavy atom. The lowest BCUT2D eigenvalue weighted by Gasteiger charge is -2.06. The molecule has 0 amide bonds. The summed E-state index contributed by atoms with van der Waals surface area (Å²) in [6.07, 6.45) is 4.88. The molecule has 0 saturated carbocycles. The number of nitrogens with one attached hydrogen (secondary N) is 1. The molecule has 7 nitrogen and oxygen atoms in total. The van der Waals surface area contributed by atoms with Crippen molar-refractivity contribution >= 4 is 23.5 Å². The summed E-state index contributed by atoms with van der Waals surface area (Å²) in [6.45, 7) is 0. The molecule has 3 rings (SSSR count). The Morgan fingerprint density at radius 2 is 2.00 bits per heavy atom. The van der Waals surface area contributed by atoms with E-state index in [4.69, 9.17) is 0 Å². The van der Waals surface area contributed by atoms with Crippen LogP contribution in [0.1, 0.15) is 12.8 Å². The molecule has 0 atom stereocenters. The first-order chi connectivity index (χ1) is 11.1. The van der Waals surface area contributed by atoms with Gasteiger partial charge in [-0.25, -0.2) is 14.5 Å². The predicted molar refractivity (Wildman–Crippen MR) is 90.0 cm³/mol. The topological polar surface area (TPSA) is 93.8 Å². The first-order valence-electron chi connectivity index (χ1n) is 6.78. The average molecular weight is 348 g/mol. The van der Waals surface area contributed by atoms with Crippen LogP contribution in [-0.2, 0) is 0 Å². The van der Waals surface area contributed by atoms with E-state index in [2.05, 4.69) is 10.2 Å². The predicted octanol–water partition coefficient (Wildman–Crippen LogP) is 3.14. The number of nitrogens with zero attached hydrogens (tertiary/aromatic N) is 3. The highest BCUT2D eigenvalue weighted by atomic mass is 32.2. The Hall–Kier alpha value is -2.26. The van der Waals surface area contributed by atoms with Crippen LogP contribution < -0.4 is 5.69 Å². The summed E-state index contributed by atoms with van der Waals surface area (Å²) in [5.74, 6) is 0. The Morgan fingerprint density at radius 1 is 1.26 bits per heavy atom. The van der Waals surface area contributed by atoms with E-state index in [-0.39, 0.29) is 15.6 Å². The number of aromatic nitrogens is 3. The molecule has 1 aromatic heterocycles. The summed E-state index contributed by atoms with van der Waals surface area (Å²) in [5, 5.41) is 18.0. The quantitative estimate of drug-likeness (QED) is 0.674. The number of thioether (sulfide) groups is 2. The van der Waals surface area contributed by atoms with Crippen LogP contribution in [0, 0.1) is 10.1 Å². The molecule has 23 heavy (non-hydrogen) atoms. The van der Waals surface area contributed by atoms with Gasteiger partial charge in [0.05, 0.1) is 14.8 Å². The van der Waals surface area contributed by atoms with Gasteiger partial charge in [-0.05, 0) is 48.5 Å². The molecule has 118 valence electrons. The molecule has 0 saturated heterocycles. The first-order valence-corrected chi connectivity index (χ1v) is 8.41. The van der Waals surface area contributed by atoms with Crippen LogP contribution in [0.5, 0.6) is 0 Å². The number of hydrogen-bond donors (Lipinski definition) is 1. The third kappa shape index (κ3) is 3.57. The summed E-state index contributed by atoms with van der Waals surface area (Å²) in [6, 6.07) is 9.13. The highest BCUT2D eigenvalue weighted by Gasteiger charge is 2.20. The molecule has 0 aliphatic carbocycles. The SMILES string of the molecule is O=c1[nH]nc(SC2=CCCC=C([N+](=O)[O-])S2)n1-c1ccccc1. The van der Waals surface area contributed by atoms with E-state index < -0.39 is 0 Å². The molecule has 1 aromatic carbocycles. The molecular weight excluding hydrogens is 336 g/mol. The smallest absolute Gasteiger partial charge is 0.258 e.